The second kappa shape index (κ2) is 14.2. The van der Waals surface area contributed by atoms with Crippen LogP contribution in [0.5, 0.6) is 5.75 Å². The third-order valence-corrected chi connectivity index (χ3v) is 8.93. The predicted molar refractivity (Wildman–Crippen MR) is 157 cm³/mol. The van der Waals surface area contributed by atoms with Gasteiger partial charge in [-0.2, -0.15) is 0 Å². The third-order valence-electron chi connectivity index (χ3n) is 8.93. The van der Waals surface area contributed by atoms with Crippen molar-refractivity contribution < 1.29 is 32.1 Å². The molecule has 1 atom stereocenters. The van der Waals surface area contributed by atoms with Crippen molar-refractivity contribution in [1.29, 1.82) is 0 Å². The highest BCUT2D eigenvalue weighted by Gasteiger charge is 2.35. The Balaban J connectivity index is 1.22. The van der Waals surface area contributed by atoms with Crippen LogP contribution in [0.3, 0.4) is 0 Å². The lowest BCUT2D eigenvalue weighted by molar-refractivity contribution is 0.0306. The number of benzene rings is 2. The molecular formula is C32H40F4N4O3. The zero-order valence-electron chi connectivity index (χ0n) is 24.6. The molecule has 0 unspecified atom stereocenters. The molecule has 11 heteroatoms. The lowest BCUT2D eigenvalue weighted by Gasteiger charge is -2.41. The smallest absolute Gasteiger partial charge is 0.152 e. The fraction of sp³-hybridized carbons (Fsp3) is 0.531. The first-order valence-corrected chi connectivity index (χ1v) is 14.9. The first-order chi connectivity index (χ1) is 20.8. The number of aliphatic hydroxyl groups excluding tert-OH is 1. The van der Waals surface area contributed by atoms with Gasteiger partial charge in [0.15, 0.2) is 11.6 Å². The van der Waals surface area contributed by atoms with Gasteiger partial charge >= 0.3 is 0 Å². The van der Waals surface area contributed by atoms with Gasteiger partial charge in [-0.05, 0) is 68.0 Å². The summed E-state index contributed by atoms with van der Waals surface area (Å²) in [6, 6.07) is 6.82. The van der Waals surface area contributed by atoms with Crippen LogP contribution < -0.4 is 10.1 Å². The number of ether oxygens (including phenoxy) is 2. The van der Waals surface area contributed by atoms with E-state index in [0.717, 1.165) is 24.0 Å². The van der Waals surface area contributed by atoms with Crippen molar-refractivity contribution in [2.75, 3.05) is 71.5 Å². The molecule has 2 aliphatic rings. The van der Waals surface area contributed by atoms with Gasteiger partial charge in [-0.3, -0.25) is 9.88 Å². The first-order valence-electron chi connectivity index (χ1n) is 14.9. The Hall–Kier alpha value is -2.99. The minimum Gasteiger partial charge on any atom is -0.497 e. The van der Waals surface area contributed by atoms with Crippen LogP contribution in [0, 0.1) is 22.9 Å². The van der Waals surface area contributed by atoms with Crippen LogP contribution in [0.15, 0.2) is 36.5 Å². The second-order valence-corrected chi connectivity index (χ2v) is 11.6. The molecule has 2 aromatic carbocycles. The fourth-order valence-electron chi connectivity index (χ4n) is 6.22. The second-order valence-electron chi connectivity index (χ2n) is 11.6. The van der Waals surface area contributed by atoms with Gasteiger partial charge in [-0.25, -0.2) is 17.6 Å². The average Bonchev–Trinajstić information content (AvgIpc) is 3.02. The molecular weight excluding hydrogens is 564 g/mol. The Morgan fingerprint density at radius 2 is 1.77 bits per heavy atom. The minimum atomic E-state index is -1.25. The maximum Gasteiger partial charge on any atom is 0.152 e. The highest BCUT2D eigenvalue weighted by atomic mass is 19.1. The molecule has 0 bridgehead atoms. The number of rotatable bonds is 12. The number of halogens is 4. The Morgan fingerprint density at radius 3 is 2.44 bits per heavy atom. The molecule has 3 heterocycles. The van der Waals surface area contributed by atoms with Gasteiger partial charge in [0.1, 0.15) is 23.4 Å². The van der Waals surface area contributed by atoms with E-state index in [1.807, 2.05) is 18.2 Å². The number of piperidine rings is 1. The number of morpholine rings is 1. The van der Waals surface area contributed by atoms with E-state index < -0.39 is 29.0 Å². The molecule has 2 fully saturated rings. The summed E-state index contributed by atoms with van der Waals surface area (Å²) in [5.41, 5.74) is 1.44. The molecule has 2 aliphatic heterocycles. The predicted octanol–water partition coefficient (Wildman–Crippen LogP) is 5.47. The van der Waals surface area contributed by atoms with E-state index in [0.29, 0.717) is 87.6 Å². The Bertz CT molecular complexity index is 1360. The number of hydrogen-bond acceptors (Lipinski definition) is 7. The van der Waals surface area contributed by atoms with E-state index in [1.165, 1.54) is 0 Å². The number of hydrogen-bond donors (Lipinski definition) is 2. The van der Waals surface area contributed by atoms with E-state index in [2.05, 4.69) is 20.1 Å². The summed E-state index contributed by atoms with van der Waals surface area (Å²) in [6.45, 7) is 5.55. The zero-order chi connectivity index (χ0) is 30.4. The van der Waals surface area contributed by atoms with Gasteiger partial charge < -0.3 is 24.8 Å². The lowest BCUT2D eigenvalue weighted by atomic mass is 9.74. The number of fused-ring (bicyclic) bond motifs is 1. The van der Waals surface area contributed by atoms with Crippen LogP contribution in [0.1, 0.15) is 43.0 Å². The summed E-state index contributed by atoms with van der Waals surface area (Å²) in [7, 11) is 1.59. The molecule has 0 radical (unpaired) electrons. The third kappa shape index (κ3) is 7.57. The molecule has 7 nitrogen and oxygen atoms in total. The van der Waals surface area contributed by atoms with Gasteiger partial charge in [-0.1, -0.05) is 0 Å². The van der Waals surface area contributed by atoms with Crippen LogP contribution in [-0.2, 0) is 11.3 Å². The van der Waals surface area contributed by atoms with Crippen LogP contribution in [0.2, 0.25) is 0 Å². The Morgan fingerprint density at radius 1 is 1.05 bits per heavy atom. The first kappa shape index (κ1) is 31.4. The molecule has 5 rings (SSSR count). The highest BCUT2D eigenvalue weighted by Crippen LogP contribution is 2.41. The van der Waals surface area contributed by atoms with Crippen molar-refractivity contribution in [3.05, 3.63) is 65.1 Å². The number of pyridine rings is 1. The Labute approximate surface area is 249 Å². The summed E-state index contributed by atoms with van der Waals surface area (Å²) >= 11 is 0. The van der Waals surface area contributed by atoms with Gasteiger partial charge in [-0.15, -0.1) is 0 Å². The molecule has 2 saturated heterocycles. The Kier molecular flexibility index (Phi) is 10.4. The highest BCUT2D eigenvalue weighted by molar-refractivity contribution is 5.85. The molecule has 234 valence electrons. The standard InChI is InChI=1S/C32H40F4N4O3/c1-42-24-2-3-29-25(18-24)30(22(19-38-29)20-40-12-14-43-15-13-40)26(34)4-5-32(21-41)6-9-39(10-7-32)11-8-37-31-27(35)16-23(33)17-28(31)36/h2-3,16-19,26,37,41H,4-15,20-21H2,1H3/t26-/m0/s1. The summed E-state index contributed by atoms with van der Waals surface area (Å²) in [5.74, 6) is -2.25. The number of aromatic nitrogens is 1. The maximum atomic E-state index is 16.4. The van der Waals surface area contributed by atoms with Crippen molar-refractivity contribution in [3.8, 4) is 5.75 Å². The summed E-state index contributed by atoms with van der Waals surface area (Å²) < 4.78 is 68.3. The quantitative estimate of drug-likeness (QED) is 0.266. The van der Waals surface area contributed by atoms with Gasteiger partial charge in [0.05, 0.1) is 25.8 Å². The van der Waals surface area contributed by atoms with E-state index in [1.54, 1.807) is 13.3 Å². The SMILES string of the molecule is COc1ccc2ncc(CN3CCOCC3)c([C@@H](F)CCC3(CO)CCN(CCNc4c(F)cc(F)cc4F)CC3)c2c1. The van der Waals surface area contributed by atoms with Crippen molar-refractivity contribution in [1.82, 2.24) is 14.8 Å². The zero-order valence-corrected chi connectivity index (χ0v) is 24.6. The van der Waals surface area contributed by atoms with E-state index in [4.69, 9.17) is 9.47 Å². The van der Waals surface area contributed by atoms with Crippen LogP contribution in [0.25, 0.3) is 10.9 Å². The normalized spacial score (nSPS) is 18.6. The van der Waals surface area contributed by atoms with Gasteiger partial charge in [0, 0.05) is 68.6 Å². The van der Waals surface area contributed by atoms with Gasteiger partial charge in [0.25, 0.3) is 0 Å². The van der Waals surface area contributed by atoms with Gasteiger partial charge in [0.2, 0.25) is 0 Å². The van der Waals surface area contributed by atoms with Crippen LogP contribution in [-0.4, -0.2) is 86.1 Å². The molecule has 0 aliphatic carbocycles. The minimum absolute atomic E-state index is 0.0383. The monoisotopic (exact) mass is 604 g/mol. The number of methoxy groups -OCH3 is 1. The van der Waals surface area contributed by atoms with E-state index in [9.17, 15) is 18.3 Å². The van der Waals surface area contributed by atoms with Crippen molar-refractivity contribution in [2.24, 2.45) is 5.41 Å². The van der Waals surface area contributed by atoms with E-state index in [-0.39, 0.29) is 25.3 Å². The number of anilines is 1. The van der Waals surface area contributed by atoms with E-state index >= 15 is 4.39 Å². The molecule has 3 aromatic rings. The maximum absolute atomic E-state index is 16.4. The van der Waals surface area contributed by atoms with Crippen molar-refractivity contribution in [2.45, 2.75) is 38.4 Å². The summed E-state index contributed by atoms with van der Waals surface area (Å²) in [6.07, 6.45) is 2.68. The largest absolute Gasteiger partial charge is 0.497 e. The number of likely N-dealkylation sites (tertiary alicyclic amines) is 1. The molecule has 2 N–H and O–H groups in total. The topological polar surface area (TPSA) is 70.1 Å². The van der Waals surface area contributed by atoms with Crippen molar-refractivity contribution in [3.63, 3.8) is 0 Å². The number of nitrogens with one attached hydrogen (secondary N) is 1. The van der Waals surface area contributed by atoms with Crippen molar-refractivity contribution >= 4 is 16.6 Å². The lowest BCUT2D eigenvalue weighted by Crippen LogP contribution is -2.43. The molecule has 1 aromatic heterocycles. The molecule has 0 amide bonds. The summed E-state index contributed by atoms with van der Waals surface area (Å²) in [4.78, 5) is 9.02. The molecule has 0 spiro atoms. The van der Waals surface area contributed by atoms with Crippen LogP contribution >= 0.6 is 0 Å². The van der Waals surface area contributed by atoms with Crippen LogP contribution in [0.4, 0.5) is 23.2 Å². The fourth-order valence-corrected chi connectivity index (χ4v) is 6.22. The number of alkyl halides is 1. The number of aliphatic hydroxyl groups is 1. The number of nitrogens with zero attached hydrogens (tertiary/aromatic N) is 3. The molecule has 43 heavy (non-hydrogen) atoms. The summed E-state index contributed by atoms with van der Waals surface area (Å²) in [5, 5.41) is 13.9. The molecule has 0 saturated carbocycles. The average molecular weight is 605 g/mol.